The number of aryl methyl sites for hydroxylation is 2. The third-order valence-corrected chi connectivity index (χ3v) is 5.70. The summed E-state index contributed by atoms with van der Waals surface area (Å²) in [6.45, 7) is 18.9. The van der Waals surface area contributed by atoms with Gasteiger partial charge in [-0.05, 0) is 46.9 Å². The zero-order valence-electron chi connectivity index (χ0n) is 16.0. The molecule has 23 heavy (non-hydrogen) atoms. The van der Waals surface area contributed by atoms with Crippen LogP contribution in [0.2, 0.25) is 0 Å². The summed E-state index contributed by atoms with van der Waals surface area (Å²) >= 11 is 0. The first-order valence-corrected chi connectivity index (χ1v) is 8.73. The second-order valence-corrected chi connectivity index (χ2v) is 9.35. The summed E-state index contributed by atoms with van der Waals surface area (Å²) < 4.78 is 0. The van der Waals surface area contributed by atoms with Gasteiger partial charge in [0.05, 0.1) is 0 Å². The Bertz CT molecular complexity index is 696. The van der Waals surface area contributed by atoms with Crippen LogP contribution in [0.15, 0.2) is 36.4 Å². The largest absolute Gasteiger partial charge is 0.0590 e. The lowest BCUT2D eigenvalue weighted by Crippen LogP contribution is -2.50. The Hall–Kier alpha value is -1.56. The first kappa shape index (κ1) is 16.3. The first-order chi connectivity index (χ1) is 10.5. The molecule has 0 aromatic heterocycles. The summed E-state index contributed by atoms with van der Waals surface area (Å²) in [5.74, 6) is 0. The highest BCUT2D eigenvalue weighted by Crippen LogP contribution is 2.64. The van der Waals surface area contributed by atoms with E-state index in [0.717, 1.165) is 0 Å². The maximum Gasteiger partial charge on any atom is 0.0311 e. The van der Waals surface area contributed by atoms with Gasteiger partial charge in [-0.15, -0.1) is 0 Å². The van der Waals surface area contributed by atoms with Crippen LogP contribution in [0, 0.1) is 24.7 Å². The molecule has 0 atom stereocenters. The Labute approximate surface area is 141 Å². The van der Waals surface area contributed by atoms with Crippen molar-refractivity contribution < 1.29 is 0 Å². The molecule has 0 heterocycles. The molecule has 0 radical (unpaired) electrons. The Morgan fingerprint density at radius 3 is 1.26 bits per heavy atom. The molecule has 0 unspecified atom stereocenters. The van der Waals surface area contributed by atoms with Crippen molar-refractivity contribution in [3.8, 4) is 11.1 Å². The zero-order chi connectivity index (χ0) is 17.2. The van der Waals surface area contributed by atoms with Gasteiger partial charge in [-0.2, -0.15) is 0 Å². The third kappa shape index (κ3) is 2.04. The standard InChI is InChI=1S/C23H30/c1-15-9-11-17-18-12-10-16(2)14-20(18)23(19(17)13-15,21(3,4)5)22(6,7)8/h9-14H,1-8H3. The van der Waals surface area contributed by atoms with Crippen LogP contribution in [0.4, 0.5) is 0 Å². The van der Waals surface area contributed by atoms with Crippen molar-refractivity contribution >= 4 is 0 Å². The van der Waals surface area contributed by atoms with Gasteiger partial charge >= 0.3 is 0 Å². The molecule has 2 aromatic rings. The summed E-state index contributed by atoms with van der Waals surface area (Å²) in [6, 6.07) is 14.0. The van der Waals surface area contributed by atoms with E-state index in [1.165, 1.54) is 33.4 Å². The van der Waals surface area contributed by atoms with E-state index in [1.807, 2.05) is 0 Å². The van der Waals surface area contributed by atoms with Crippen LogP contribution in [-0.2, 0) is 5.41 Å². The first-order valence-electron chi connectivity index (χ1n) is 8.73. The molecule has 122 valence electrons. The Morgan fingerprint density at radius 1 is 0.609 bits per heavy atom. The molecule has 0 heteroatoms. The van der Waals surface area contributed by atoms with E-state index in [4.69, 9.17) is 0 Å². The lowest BCUT2D eigenvalue weighted by atomic mass is 9.50. The minimum atomic E-state index is 0.0166. The van der Waals surface area contributed by atoms with Gasteiger partial charge < -0.3 is 0 Å². The summed E-state index contributed by atoms with van der Waals surface area (Å²) in [7, 11) is 0. The summed E-state index contributed by atoms with van der Waals surface area (Å²) in [5.41, 5.74) is 8.86. The molecule has 1 aliphatic rings. The fourth-order valence-corrected chi connectivity index (χ4v) is 5.29. The molecule has 0 aliphatic heterocycles. The molecule has 0 nitrogen and oxygen atoms in total. The molecule has 0 saturated carbocycles. The minimum absolute atomic E-state index is 0.0166. The van der Waals surface area contributed by atoms with Crippen LogP contribution >= 0.6 is 0 Å². The van der Waals surface area contributed by atoms with Crippen LogP contribution in [-0.4, -0.2) is 0 Å². The Kier molecular flexibility index (Phi) is 3.35. The van der Waals surface area contributed by atoms with Gasteiger partial charge in [0.15, 0.2) is 0 Å². The molecule has 0 saturated heterocycles. The lowest BCUT2D eigenvalue weighted by Gasteiger charge is -2.53. The van der Waals surface area contributed by atoms with Gasteiger partial charge in [0.1, 0.15) is 0 Å². The van der Waals surface area contributed by atoms with Crippen LogP contribution < -0.4 is 0 Å². The van der Waals surface area contributed by atoms with Gasteiger partial charge in [0, 0.05) is 5.41 Å². The molecule has 0 bridgehead atoms. The fraction of sp³-hybridized carbons (Fsp3) is 0.478. The van der Waals surface area contributed by atoms with Gasteiger partial charge in [0.2, 0.25) is 0 Å². The van der Waals surface area contributed by atoms with Crippen LogP contribution in [0.3, 0.4) is 0 Å². The SMILES string of the molecule is Cc1ccc2c(c1)C(C(C)(C)C)(C(C)(C)C)c1cc(C)ccc1-2. The average Bonchev–Trinajstić information content (AvgIpc) is 2.66. The quantitative estimate of drug-likeness (QED) is 0.510. The highest BCUT2D eigenvalue weighted by atomic mass is 14.6. The molecule has 2 aromatic carbocycles. The fourth-order valence-electron chi connectivity index (χ4n) is 5.29. The Morgan fingerprint density at radius 2 is 0.957 bits per heavy atom. The predicted molar refractivity (Wildman–Crippen MR) is 101 cm³/mol. The number of rotatable bonds is 0. The number of hydrogen-bond donors (Lipinski definition) is 0. The van der Waals surface area contributed by atoms with Gasteiger partial charge in [-0.1, -0.05) is 89.1 Å². The topological polar surface area (TPSA) is 0 Å². The maximum atomic E-state index is 2.43. The Balaban J connectivity index is 2.54. The van der Waals surface area contributed by atoms with Gasteiger partial charge in [0.25, 0.3) is 0 Å². The number of benzene rings is 2. The average molecular weight is 306 g/mol. The lowest BCUT2D eigenvalue weighted by molar-refractivity contribution is 0.0949. The molecule has 0 N–H and O–H groups in total. The van der Waals surface area contributed by atoms with E-state index in [2.05, 4.69) is 91.8 Å². The van der Waals surface area contributed by atoms with E-state index in [9.17, 15) is 0 Å². The van der Waals surface area contributed by atoms with E-state index in [-0.39, 0.29) is 16.2 Å². The van der Waals surface area contributed by atoms with E-state index < -0.39 is 0 Å². The molecule has 0 amide bonds. The molecule has 0 fully saturated rings. The molecule has 1 aliphatic carbocycles. The number of hydrogen-bond acceptors (Lipinski definition) is 0. The van der Waals surface area contributed by atoms with E-state index >= 15 is 0 Å². The minimum Gasteiger partial charge on any atom is -0.0590 e. The van der Waals surface area contributed by atoms with Gasteiger partial charge in [-0.3, -0.25) is 0 Å². The molecule has 0 spiro atoms. The highest BCUT2D eigenvalue weighted by molar-refractivity contribution is 5.82. The van der Waals surface area contributed by atoms with Crippen LogP contribution in [0.25, 0.3) is 11.1 Å². The summed E-state index contributed by atoms with van der Waals surface area (Å²) in [5, 5.41) is 0. The summed E-state index contributed by atoms with van der Waals surface area (Å²) in [6.07, 6.45) is 0. The van der Waals surface area contributed by atoms with Gasteiger partial charge in [-0.25, -0.2) is 0 Å². The molecular formula is C23H30. The molecule has 3 rings (SSSR count). The zero-order valence-corrected chi connectivity index (χ0v) is 16.0. The maximum absolute atomic E-state index is 2.43. The predicted octanol–water partition coefficient (Wildman–Crippen LogP) is 6.66. The third-order valence-electron chi connectivity index (χ3n) is 5.70. The van der Waals surface area contributed by atoms with Crippen molar-refractivity contribution in [1.29, 1.82) is 0 Å². The highest BCUT2D eigenvalue weighted by Gasteiger charge is 2.57. The van der Waals surface area contributed by atoms with Crippen LogP contribution in [0.1, 0.15) is 63.8 Å². The second kappa shape index (κ2) is 4.72. The summed E-state index contributed by atoms with van der Waals surface area (Å²) in [4.78, 5) is 0. The van der Waals surface area contributed by atoms with E-state index in [0.29, 0.717) is 0 Å². The van der Waals surface area contributed by atoms with E-state index in [1.54, 1.807) is 0 Å². The molecular weight excluding hydrogens is 276 g/mol. The number of fused-ring (bicyclic) bond motifs is 3. The normalized spacial score (nSPS) is 16.2. The monoisotopic (exact) mass is 306 g/mol. The van der Waals surface area contributed by atoms with Crippen molar-refractivity contribution in [1.82, 2.24) is 0 Å². The van der Waals surface area contributed by atoms with Crippen LogP contribution in [0.5, 0.6) is 0 Å². The van der Waals surface area contributed by atoms with Crippen molar-refractivity contribution in [2.24, 2.45) is 10.8 Å². The van der Waals surface area contributed by atoms with Crippen molar-refractivity contribution in [3.63, 3.8) is 0 Å². The van der Waals surface area contributed by atoms with Crippen molar-refractivity contribution in [2.45, 2.75) is 60.8 Å². The smallest absolute Gasteiger partial charge is 0.0311 e. The van der Waals surface area contributed by atoms with Crippen molar-refractivity contribution in [3.05, 3.63) is 58.7 Å². The van der Waals surface area contributed by atoms with Crippen molar-refractivity contribution in [2.75, 3.05) is 0 Å². The second-order valence-electron chi connectivity index (χ2n) is 9.35.